The molecule has 0 saturated heterocycles. The standard InChI is InChI=1S/C11H13N3O2S/c1-2-3-4-12-9(15)8-7-13-11-14(10(8)16)5-6-17-11/h5-7H,2-4H2,1H3,(H,12,15). The van der Waals surface area contributed by atoms with Gasteiger partial charge in [-0.2, -0.15) is 0 Å². The fourth-order valence-electron chi connectivity index (χ4n) is 1.45. The average Bonchev–Trinajstić information content (AvgIpc) is 2.78. The van der Waals surface area contributed by atoms with Crippen LogP contribution in [0.2, 0.25) is 0 Å². The van der Waals surface area contributed by atoms with Crippen LogP contribution in [-0.2, 0) is 0 Å². The van der Waals surface area contributed by atoms with Gasteiger partial charge in [0.15, 0.2) is 4.96 Å². The zero-order valence-electron chi connectivity index (χ0n) is 9.47. The Labute approximate surface area is 102 Å². The summed E-state index contributed by atoms with van der Waals surface area (Å²) in [4.78, 5) is 28.3. The molecule has 5 nitrogen and oxygen atoms in total. The van der Waals surface area contributed by atoms with Crippen LogP contribution in [0, 0.1) is 0 Å². The minimum Gasteiger partial charge on any atom is -0.352 e. The van der Waals surface area contributed by atoms with Gasteiger partial charge in [0.05, 0.1) is 0 Å². The Morgan fingerprint density at radius 1 is 1.59 bits per heavy atom. The maximum Gasteiger partial charge on any atom is 0.271 e. The van der Waals surface area contributed by atoms with E-state index in [9.17, 15) is 9.59 Å². The fraction of sp³-hybridized carbons (Fsp3) is 0.364. The zero-order chi connectivity index (χ0) is 12.3. The highest BCUT2D eigenvalue weighted by atomic mass is 32.1. The molecular formula is C11H13N3O2S. The number of nitrogens with zero attached hydrogens (tertiary/aromatic N) is 2. The third-order valence-electron chi connectivity index (χ3n) is 2.40. The van der Waals surface area contributed by atoms with Gasteiger partial charge in [-0.05, 0) is 6.42 Å². The molecule has 2 aromatic heterocycles. The minimum absolute atomic E-state index is 0.0944. The number of carbonyl (C=O) groups is 1. The summed E-state index contributed by atoms with van der Waals surface area (Å²) in [6, 6.07) is 0. The highest BCUT2D eigenvalue weighted by Gasteiger charge is 2.12. The number of carbonyl (C=O) groups excluding carboxylic acids is 1. The average molecular weight is 251 g/mol. The van der Waals surface area contributed by atoms with Crippen molar-refractivity contribution < 1.29 is 4.79 Å². The normalized spacial score (nSPS) is 10.6. The third-order valence-corrected chi connectivity index (χ3v) is 3.17. The minimum atomic E-state index is -0.350. The lowest BCUT2D eigenvalue weighted by Gasteiger charge is -2.03. The maximum atomic E-state index is 11.9. The molecule has 0 bridgehead atoms. The molecule has 0 aliphatic heterocycles. The molecule has 2 heterocycles. The molecule has 0 unspecified atom stereocenters. The predicted octanol–water partition coefficient (Wildman–Crippen LogP) is 1.29. The summed E-state index contributed by atoms with van der Waals surface area (Å²) in [6.45, 7) is 2.63. The van der Waals surface area contributed by atoms with Gasteiger partial charge in [0.2, 0.25) is 0 Å². The molecule has 0 aliphatic carbocycles. The molecule has 0 saturated carbocycles. The smallest absolute Gasteiger partial charge is 0.271 e. The van der Waals surface area contributed by atoms with Crippen molar-refractivity contribution in [2.45, 2.75) is 19.8 Å². The number of hydrogen-bond acceptors (Lipinski definition) is 4. The number of fused-ring (bicyclic) bond motifs is 1. The molecule has 1 N–H and O–H groups in total. The van der Waals surface area contributed by atoms with E-state index in [1.165, 1.54) is 21.9 Å². The van der Waals surface area contributed by atoms with Crippen LogP contribution in [0.25, 0.3) is 4.96 Å². The molecule has 0 aromatic carbocycles. The number of thiazole rings is 1. The molecule has 1 amide bonds. The van der Waals surface area contributed by atoms with Gasteiger partial charge in [-0.1, -0.05) is 13.3 Å². The molecule has 6 heteroatoms. The van der Waals surface area contributed by atoms with E-state index >= 15 is 0 Å². The van der Waals surface area contributed by atoms with Gasteiger partial charge in [-0.3, -0.25) is 14.0 Å². The SMILES string of the molecule is CCCCNC(=O)c1cnc2sccn2c1=O. The van der Waals surface area contributed by atoms with Crippen molar-refractivity contribution in [2.24, 2.45) is 0 Å². The van der Waals surface area contributed by atoms with Crippen molar-refractivity contribution in [2.75, 3.05) is 6.54 Å². The summed E-state index contributed by atoms with van der Waals surface area (Å²) in [6.07, 6.45) is 4.87. The molecule has 0 aliphatic rings. The van der Waals surface area contributed by atoms with Crippen molar-refractivity contribution in [3.05, 3.63) is 33.7 Å². The van der Waals surface area contributed by atoms with Crippen molar-refractivity contribution >= 4 is 22.2 Å². The Morgan fingerprint density at radius 2 is 2.41 bits per heavy atom. The summed E-state index contributed by atoms with van der Waals surface area (Å²) < 4.78 is 1.39. The molecule has 2 rings (SSSR count). The molecule has 0 fully saturated rings. The van der Waals surface area contributed by atoms with E-state index < -0.39 is 0 Å². The van der Waals surface area contributed by atoms with Crippen LogP contribution in [0.3, 0.4) is 0 Å². The van der Waals surface area contributed by atoms with Crippen molar-refractivity contribution in [3.63, 3.8) is 0 Å². The highest BCUT2D eigenvalue weighted by molar-refractivity contribution is 7.15. The fourth-order valence-corrected chi connectivity index (χ4v) is 2.13. The summed E-state index contributed by atoms with van der Waals surface area (Å²) >= 11 is 1.36. The maximum absolute atomic E-state index is 11.9. The summed E-state index contributed by atoms with van der Waals surface area (Å²) in [5.41, 5.74) is -0.220. The van der Waals surface area contributed by atoms with Gasteiger partial charge in [0.1, 0.15) is 5.56 Å². The Morgan fingerprint density at radius 3 is 3.18 bits per heavy atom. The first-order valence-electron chi connectivity index (χ1n) is 5.47. The van der Waals surface area contributed by atoms with Crippen LogP contribution >= 0.6 is 11.3 Å². The summed E-state index contributed by atoms with van der Waals surface area (Å²) in [7, 11) is 0. The highest BCUT2D eigenvalue weighted by Crippen LogP contribution is 2.05. The zero-order valence-corrected chi connectivity index (χ0v) is 10.3. The number of unbranched alkanes of at least 4 members (excludes halogenated alkanes) is 1. The van der Waals surface area contributed by atoms with Crippen LogP contribution < -0.4 is 10.9 Å². The van der Waals surface area contributed by atoms with E-state index in [2.05, 4.69) is 10.3 Å². The summed E-state index contributed by atoms with van der Waals surface area (Å²) in [5, 5.41) is 4.48. The lowest BCUT2D eigenvalue weighted by Crippen LogP contribution is -2.31. The van der Waals surface area contributed by atoms with Crippen LogP contribution in [0.4, 0.5) is 0 Å². The van der Waals surface area contributed by atoms with Crippen molar-refractivity contribution in [1.29, 1.82) is 0 Å². The first kappa shape index (κ1) is 11.8. The Hall–Kier alpha value is -1.69. The van der Waals surface area contributed by atoms with Crippen molar-refractivity contribution in [1.82, 2.24) is 14.7 Å². The van der Waals surface area contributed by atoms with E-state index in [-0.39, 0.29) is 17.0 Å². The van der Waals surface area contributed by atoms with Crippen LogP contribution in [0.1, 0.15) is 30.1 Å². The monoisotopic (exact) mass is 251 g/mol. The number of rotatable bonds is 4. The van der Waals surface area contributed by atoms with Gasteiger partial charge >= 0.3 is 0 Å². The first-order valence-corrected chi connectivity index (χ1v) is 6.35. The molecule has 2 aromatic rings. The van der Waals surface area contributed by atoms with Crippen LogP contribution in [0.5, 0.6) is 0 Å². The van der Waals surface area contributed by atoms with E-state index in [0.717, 1.165) is 12.8 Å². The van der Waals surface area contributed by atoms with Gasteiger partial charge < -0.3 is 5.32 Å². The number of amides is 1. The molecule has 90 valence electrons. The lowest BCUT2D eigenvalue weighted by atomic mass is 10.3. The number of nitrogens with one attached hydrogen (secondary N) is 1. The topological polar surface area (TPSA) is 63.5 Å². The van der Waals surface area contributed by atoms with Crippen LogP contribution in [0.15, 0.2) is 22.6 Å². The second-order valence-electron chi connectivity index (χ2n) is 3.64. The van der Waals surface area contributed by atoms with Gasteiger partial charge in [0, 0.05) is 24.3 Å². The largest absolute Gasteiger partial charge is 0.352 e. The molecule has 0 radical (unpaired) electrons. The van der Waals surface area contributed by atoms with E-state index in [4.69, 9.17) is 0 Å². The van der Waals surface area contributed by atoms with Crippen LogP contribution in [-0.4, -0.2) is 21.8 Å². The van der Waals surface area contributed by atoms with E-state index in [0.29, 0.717) is 11.5 Å². The van der Waals surface area contributed by atoms with Gasteiger partial charge in [-0.25, -0.2) is 4.98 Å². The Bertz CT molecular complexity index is 588. The van der Waals surface area contributed by atoms with Gasteiger partial charge in [0.25, 0.3) is 11.5 Å². The number of hydrogen-bond donors (Lipinski definition) is 1. The lowest BCUT2D eigenvalue weighted by molar-refractivity contribution is 0.0951. The predicted molar refractivity (Wildman–Crippen MR) is 66.6 cm³/mol. The first-order chi connectivity index (χ1) is 8.24. The quantitative estimate of drug-likeness (QED) is 0.833. The molecular weight excluding hydrogens is 238 g/mol. The Kier molecular flexibility index (Phi) is 3.53. The third kappa shape index (κ3) is 2.36. The molecule has 17 heavy (non-hydrogen) atoms. The Balaban J connectivity index is 2.26. The van der Waals surface area contributed by atoms with E-state index in [1.54, 1.807) is 11.6 Å². The van der Waals surface area contributed by atoms with Crippen molar-refractivity contribution in [3.8, 4) is 0 Å². The second-order valence-corrected chi connectivity index (χ2v) is 4.52. The van der Waals surface area contributed by atoms with E-state index in [1.807, 2.05) is 6.92 Å². The second kappa shape index (κ2) is 5.09. The molecule has 0 spiro atoms. The summed E-state index contributed by atoms with van der Waals surface area (Å²) in [5.74, 6) is -0.350. The molecule has 0 atom stereocenters. The number of aromatic nitrogens is 2. The van der Waals surface area contributed by atoms with Gasteiger partial charge in [-0.15, -0.1) is 11.3 Å².